The van der Waals surface area contributed by atoms with Crippen LogP contribution in [0.15, 0.2) is 48.5 Å². The van der Waals surface area contributed by atoms with E-state index in [1.165, 1.54) is 17.7 Å². The molecule has 3 aromatic rings. The van der Waals surface area contributed by atoms with Crippen LogP contribution in [-0.2, 0) is 17.9 Å². The van der Waals surface area contributed by atoms with Crippen LogP contribution in [0.1, 0.15) is 38.1 Å². The van der Waals surface area contributed by atoms with Crippen LogP contribution in [0.5, 0.6) is 0 Å². The fourth-order valence-electron chi connectivity index (χ4n) is 3.82. The number of aliphatic hydroxyl groups is 1. The van der Waals surface area contributed by atoms with E-state index >= 15 is 0 Å². The second kappa shape index (κ2) is 8.74. The predicted octanol–water partition coefficient (Wildman–Crippen LogP) is 4.63. The summed E-state index contributed by atoms with van der Waals surface area (Å²) in [4.78, 5) is 19.4. The van der Waals surface area contributed by atoms with Crippen molar-refractivity contribution in [2.24, 2.45) is 0 Å². The van der Waals surface area contributed by atoms with Crippen molar-refractivity contribution in [1.29, 1.82) is 0 Å². The van der Waals surface area contributed by atoms with E-state index in [1.807, 2.05) is 38.1 Å². The second-order valence-corrected chi connectivity index (χ2v) is 8.72. The maximum atomic E-state index is 13.5. The van der Waals surface area contributed by atoms with Crippen LogP contribution in [0.3, 0.4) is 0 Å². The van der Waals surface area contributed by atoms with Crippen LogP contribution >= 0.6 is 0 Å². The molecule has 0 saturated heterocycles. The molecule has 1 unspecified atom stereocenters. The molecule has 2 N–H and O–H groups in total. The summed E-state index contributed by atoms with van der Waals surface area (Å²) >= 11 is 0. The lowest BCUT2D eigenvalue weighted by Crippen LogP contribution is -2.42. The molecule has 1 aromatic heterocycles. The second-order valence-electron chi connectivity index (χ2n) is 8.72. The first kappa shape index (κ1) is 22.0. The number of nitrogens with one attached hydrogen (secondary N) is 1. The Kier molecular flexibility index (Phi) is 6.02. The molecule has 32 heavy (non-hydrogen) atoms. The van der Waals surface area contributed by atoms with Gasteiger partial charge in [0.25, 0.3) is 0 Å². The molecule has 6 nitrogen and oxygen atoms in total. The molecule has 7 heteroatoms. The van der Waals surface area contributed by atoms with Crippen LogP contribution in [0, 0.1) is 12.7 Å². The Balaban J connectivity index is 1.67. The molecule has 1 amide bonds. The fourth-order valence-corrected chi connectivity index (χ4v) is 3.82. The van der Waals surface area contributed by atoms with E-state index in [0.29, 0.717) is 26.1 Å². The monoisotopic (exact) mass is 436 g/mol. The first-order valence-corrected chi connectivity index (χ1v) is 10.9. The number of hydrogen-bond donors (Lipinski definition) is 2. The maximum absolute atomic E-state index is 13.5. The Morgan fingerprint density at radius 1 is 1.16 bits per heavy atom. The normalized spacial score (nSPS) is 15.2. The third-order valence-electron chi connectivity index (χ3n) is 6.05. The van der Waals surface area contributed by atoms with E-state index in [1.54, 1.807) is 24.0 Å². The summed E-state index contributed by atoms with van der Waals surface area (Å²) in [7, 11) is 0. The largest absolute Gasteiger partial charge is 0.390 e. The Morgan fingerprint density at radius 3 is 2.50 bits per heavy atom. The van der Waals surface area contributed by atoms with Gasteiger partial charge in [0, 0.05) is 24.3 Å². The number of halogens is 1. The maximum Gasteiger partial charge on any atom is 0.225 e. The zero-order valence-electron chi connectivity index (χ0n) is 18.7. The number of rotatable bonds is 6. The van der Waals surface area contributed by atoms with E-state index in [0.717, 1.165) is 28.6 Å². The number of nitrogens with zero attached hydrogens (tertiary/aromatic N) is 3. The summed E-state index contributed by atoms with van der Waals surface area (Å²) in [6.07, 6.45) is 0.601. The number of carbonyl (C=O) groups is 1. The van der Waals surface area contributed by atoms with Gasteiger partial charge in [-0.2, -0.15) is 0 Å². The summed E-state index contributed by atoms with van der Waals surface area (Å²) < 4.78 is 15.6. The van der Waals surface area contributed by atoms with Crippen LogP contribution < -0.4 is 5.32 Å². The molecule has 0 aliphatic carbocycles. The quantitative estimate of drug-likeness (QED) is 0.591. The third-order valence-corrected chi connectivity index (χ3v) is 6.05. The number of imidazole rings is 1. The van der Waals surface area contributed by atoms with Gasteiger partial charge in [-0.25, -0.2) is 9.37 Å². The minimum Gasteiger partial charge on any atom is -0.390 e. The number of amides is 1. The van der Waals surface area contributed by atoms with Crippen molar-refractivity contribution in [3.63, 3.8) is 0 Å². The Morgan fingerprint density at radius 2 is 1.84 bits per heavy atom. The molecule has 0 saturated carbocycles. The van der Waals surface area contributed by atoms with Gasteiger partial charge in [-0.3, -0.25) is 4.79 Å². The Labute approximate surface area is 187 Å². The first-order chi connectivity index (χ1) is 15.3. The third kappa shape index (κ3) is 4.67. The molecule has 0 fully saturated rings. The molecule has 1 aliphatic heterocycles. The molecular formula is C25H29FN4O2. The molecule has 4 rings (SSSR count). The van der Waals surface area contributed by atoms with Crippen molar-refractivity contribution < 1.29 is 14.3 Å². The van der Waals surface area contributed by atoms with Crippen LogP contribution in [0.4, 0.5) is 15.9 Å². The predicted molar refractivity (Wildman–Crippen MR) is 123 cm³/mol. The van der Waals surface area contributed by atoms with E-state index in [2.05, 4.69) is 9.88 Å². The molecule has 2 heterocycles. The van der Waals surface area contributed by atoms with Gasteiger partial charge in [-0.15, -0.1) is 0 Å². The molecule has 168 valence electrons. The zero-order chi connectivity index (χ0) is 22.9. The van der Waals surface area contributed by atoms with Crippen LogP contribution in [0.2, 0.25) is 0 Å². The van der Waals surface area contributed by atoms with Gasteiger partial charge in [0.1, 0.15) is 23.2 Å². The van der Waals surface area contributed by atoms with E-state index in [9.17, 15) is 14.3 Å². The number of fused-ring (bicyclic) bond motifs is 1. The van der Waals surface area contributed by atoms with Crippen LogP contribution in [-0.4, -0.2) is 37.6 Å². The minimum atomic E-state index is -1.01. The van der Waals surface area contributed by atoms with Gasteiger partial charge >= 0.3 is 0 Å². The number of anilines is 2. The highest BCUT2D eigenvalue weighted by Gasteiger charge is 2.30. The molecule has 0 radical (unpaired) electrons. The number of benzene rings is 2. The van der Waals surface area contributed by atoms with Crippen molar-refractivity contribution >= 4 is 17.4 Å². The van der Waals surface area contributed by atoms with Gasteiger partial charge in [0.15, 0.2) is 0 Å². The highest BCUT2D eigenvalue weighted by atomic mass is 19.1. The molecule has 1 atom stereocenters. The number of aromatic nitrogens is 2. The van der Waals surface area contributed by atoms with Gasteiger partial charge in [-0.1, -0.05) is 24.6 Å². The topological polar surface area (TPSA) is 70.4 Å². The van der Waals surface area contributed by atoms with E-state index < -0.39 is 5.60 Å². The highest BCUT2D eigenvalue weighted by molar-refractivity contribution is 5.79. The number of hydrogen-bond acceptors (Lipinski definition) is 4. The smallest absolute Gasteiger partial charge is 0.225 e. The minimum absolute atomic E-state index is 0.0810. The van der Waals surface area contributed by atoms with Crippen LogP contribution in [0.25, 0.3) is 11.3 Å². The number of aryl methyl sites for hydroxylation is 1. The lowest BCUT2D eigenvalue weighted by atomic mass is 9.98. The van der Waals surface area contributed by atoms with Gasteiger partial charge in [-0.05, 0) is 56.7 Å². The average Bonchev–Trinajstić information content (AvgIpc) is 3.13. The van der Waals surface area contributed by atoms with Gasteiger partial charge < -0.3 is 19.9 Å². The van der Waals surface area contributed by atoms with Crippen molar-refractivity contribution in [1.82, 2.24) is 14.5 Å². The molecule has 1 aliphatic rings. The Hall–Kier alpha value is -3.19. The number of carbonyl (C=O) groups excluding carboxylic acids is 1. The Bertz CT molecular complexity index is 1100. The molecule has 0 bridgehead atoms. The van der Waals surface area contributed by atoms with E-state index in [4.69, 9.17) is 4.98 Å². The summed E-state index contributed by atoms with van der Waals surface area (Å²) in [5.74, 6) is 1.20. The molecule has 0 spiro atoms. The van der Waals surface area contributed by atoms with E-state index in [-0.39, 0.29) is 18.1 Å². The molecular weight excluding hydrogens is 407 g/mol. The van der Waals surface area contributed by atoms with Crippen molar-refractivity contribution in [3.05, 3.63) is 65.7 Å². The fraction of sp³-hybridized carbons (Fsp3) is 0.360. The summed E-state index contributed by atoms with van der Waals surface area (Å²) in [5.41, 5.74) is 2.60. The standard InChI is InChI=1S/C25H29FN4O2/c1-4-25(3,32)15-22(31)29-13-14-30-21(16-29)28-23(18-7-9-19(26)10-8-18)24(30)27-20-11-5-17(2)6-12-20/h5-12,27,32H,4,13-16H2,1-3H3. The highest BCUT2D eigenvalue weighted by Crippen LogP contribution is 2.33. The summed E-state index contributed by atoms with van der Waals surface area (Å²) in [5, 5.41) is 13.8. The van der Waals surface area contributed by atoms with Crippen molar-refractivity contribution in [2.75, 3.05) is 11.9 Å². The lowest BCUT2D eigenvalue weighted by molar-refractivity contribution is -0.137. The van der Waals surface area contributed by atoms with Crippen molar-refractivity contribution in [2.45, 2.75) is 52.3 Å². The lowest BCUT2D eigenvalue weighted by Gasteiger charge is -2.31. The summed E-state index contributed by atoms with van der Waals surface area (Å²) in [6, 6.07) is 14.4. The summed E-state index contributed by atoms with van der Waals surface area (Å²) in [6.45, 7) is 7.07. The average molecular weight is 437 g/mol. The van der Waals surface area contributed by atoms with Gasteiger partial charge in [0.2, 0.25) is 5.91 Å². The first-order valence-electron chi connectivity index (χ1n) is 10.9. The molecule has 2 aromatic carbocycles. The van der Waals surface area contributed by atoms with Gasteiger partial charge in [0.05, 0.1) is 18.6 Å². The SMILES string of the molecule is CCC(C)(O)CC(=O)N1CCn2c(nc(-c3ccc(F)cc3)c2Nc2ccc(C)cc2)C1. The van der Waals surface area contributed by atoms with Crippen molar-refractivity contribution in [3.8, 4) is 11.3 Å². The zero-order valence-corrected chi connectivity index (χ0v) is 18.7.